The number of carboxylic acids is 1. The minimum Gasteiger partial charge on any atom is -0.481 e. The number of ketones is 1. The van der Waals surface area contributed by atoms with Gasteiger partial charge in [-0.15, -0.1) is 0 Å². The first-order chi connectivity index (χ1) is 11.9. The lowest BCUT2D eigenvalue weighted by atomic mass is 9.86. The molecule has 0 rings (SSSR count). The quantitative estimate of drug-likeness (QED) is 0.266. The molecule has 5 heteroatoms. The topological polar surface area (TPSA) is 91.7 Å². The van der Waals surface area contributed by atoms with Crippen LogP contribution in [0.15, 0.2) is 24.3 Å². The molecule has 0 amide bonds. The lowest BCUT2D eigenvalue weighted by Gasteiger charge is -2.16. The van der Waals surface area contributed by atoms with Gasteiger partial charge in [0.1, 0.15) is 12.1 Å². The third kappa shape index (κ3) is 12.3. The number of rotatable bonds is 15. The highest BCUT2D eigenvalue weighted by Crippen LogP contribution is 2.19. The monoisotopic (exact) mass is 352 g/mol. The van der Waals surface area contributed by atoms with E-state index in [9.17, 15) is 19.5 Å². The number of Topliss-reactive ketones (excluding diaryl/α,β-unsaturated/α-hetero) is 1. The molecule has 0 radical (unpaired) electrons. The van der Waals surface area contributed by atoms with Crippen molar-refractivity contribution < 1.29 is 24.6 Å². The number of aliphatic carboxylic acids is 1. The lowest BCUT2D eigenvalue weighted by molar-refractivity contribution is -0.137. The first kappa shape index (κ1) is 23.2. The zero-order valence-electron chi connectivity index (χ0n) is 15.4. The third-order valence-corrected chi connectivity index (χ3v) is 4.12. The second-order valence-corrected chi connectivity index (χ2v) is 6.37. The fraction of sp³-hybridized carbons (Fsp3) is 0.650. The Bertz CT molecular complexity index is 453. The molecule has 3 unspecified atom stereocenters. The molecule has 0 aromatic rings. The summed E-state index contributed by atoms with van der Waals surface area (Å²) in [6.07, 6.45) is 12.6. The number of hydrogen-bond acceptors (Lipinski definition) is 4. The van der Waals surface area contributed by atoms with E-state index in [-0.39, 0.29) is 12.2 Å². The molecule has 0 bridgehead atoms. The van der Waals surface area contributed by atoms with E-state index in [0.717, 1.165) is 25.5 Å². The van der Waals surface area contributed by atoms with Gasteiger partial charge in [0.2, 0.25) is 0 Å². The molecule has 0 spiro atoms. The van der Waals surface area contributed by atoms with Crippen molar-refractivity contribution in [2.45, 2.75) is 71.3 Å². The van der Waals surface area contributed by atoms with Gasteiger partial charge >= 0.3 is 5.97 Å². The average Bonchev–Trinajstić information content (AvgIpc) is 2.55. The molecule has 0 aromatic heterocycles. The van der Waals surface area contributed by atoms with E-state index in [1.54, 1.807) is 12.2 Å². The first-order valence-corrected chi connectivity index (χ1v) is 9.11. The average molecular weight is 352 g/mol. The number of aliphatic hydroxyl groups is 1. The Morgan fingerprint density at radius 3 is 2.36 bits per heavy atom. The molecule has 0 aliphatic rings. The summed E-state index contributed by atoms with van der Waals surface area (Å²) >= 11 is 0. The predicted octanol–water partition coefficient (Wildman–Crippen LogP) is 3.71. The molecule has 3 atom stereocenters. The van der Waals surface area contributed by atoms with Gasteiger partial charge in [-0.2, -0.15) is 0 Å². The molecule has 0 saturated carbocycles. The Labute approximate surface area is 150 Å². The van der Waals surface area contributed by atoms with Crippen molar-refractivity contribution in [2.75, 3.05) is 0 Å². The van der Waals surface area contributed by atoms with Gasteiger partial charge in [-0.1, -0.05) is 50.5 Å². The Balaban J connectivity index is 4.53. The number of unbranched alkanes of at least 4 members (excludes halogenated alkanes) is 3. The van der Waals surface area contributed by atoms with Gasteiger partial charge in [-0.3, -0.25) is 9.59 Å². The fourth-order valence-corrected chi connectivity index (χ4v) is 2.56. The minimum atomic E-state index is -0.821. The zero-order chi connectivity index (χ0) is 19.1. The number of hydrogen-bond donors (Lipinski definition) is 2. The van der Waals surface area contributed by atoms with E-state index in [1.807, 2.05) is 12.2 Å². The van der Waals surface area contributed by atoms with Crippen LogP contribution < -0.4 is 0 Å². The molecule has 0 aliphatic carbocycles. The summed E-state index contributed by atoms with van der Waals surface area (Å²) in [6, 6.07) is 0. The Kier molecular flexibility index (Phi) is 13.6. The van der Waals surface area contributed by atoms with Gasteiger partial charge in [0.05, 0.1) is 6.10 Å². The van der Waals surface area contributed by atoms with E-state index in [2.05, 4.69) is 6.92 Å². The Hall–Kier alpha value is -1.75. The van der Waals surface area contributed by atoms with Crippen LogP contribution in [-0.4, -0.2) is 34.4 Å². The van der Waals surface area contributed by atoms with Crippen LogP contribution in [0.3, 0.4) is 0 Å². The van der Waals surface area contributed by atoms with Crippen molar-refractivity contribution in [3.63, 3.8) is 0 Å². The maximum atomic E-state index is 11.8. The molecule has 25 heavy (non-hydrogen) atoms. The summed E-state index contributed by atoms with van der Waals surface area (Å²) < 4.78 is 0. The standard InChI is InChI=1S/C20H32O5/c1-3-4-7-10-18(23)14-13-17(15-21)19(16(2)22)11-8-5-6-9-12-20(24)25/h5,8,13-15,17-19,23H,3-4,6-7,9-12H2,1-2H3,(H,24,25)/b8-5-,14-13+. The largest absolute Gasteiger partial charge is 0.481 e. The molecular weight excluding hydrogens is 320 g/mol. The number of carbonyl (C=O) groups excluding carboxylic acids is 2. The molecule has 0 aromatic carbocycles. The molecule has 0 aliphatic heterocycles. The summed E-state index contributed by atoms with van der Waals surface area (Å²) in [5.74, 6) is -1.90. The number of carbonyl (C=O) groups is 3. The van der Waals surface area contributed by atoms with E-state index < -0.39 is 23.9 Å². The highest BCUT2D eigenvalue weighted by molar-refractivity contribution is 5.82. The summed E-state index contributed by atoms with van der Waals surface area (Å²) in [5, 5.41) is 18.5. The first-order valence-electron chi connectivity index (χ1n) is 9.11. The van der Waals surface area contributed by atoms with Crippen molar-refractivity contribution in [2.24, 2.45) is 11.8 Å². The van der Waals surface area contributed by atoms with Gasteiger partial charge in [0.25, 0.3) is 0 Å². The highest BCUT2D eigenvalue weighted by Gasteiger charge is 2.22. The molecular formula is C20H32O5. The van der Waals surface area contributed by atoms with Gasteiger partial charge in [0.15, 0.2) is 0 Å². The zero-order valence-corrected chi connectivity index (χ0v) is 15.4. The molecule has 0 heterocycles. The SMILES string of the molecule is CCCCCC(O)/C=C/C(C=O)C(C/C=C\CCCC(=O)O)C(C)=O. The van der Waals surface area contributed by atoms with Crippen LogP contribution in [0, 0.1) is 11.8 Å². The van der Waals surface area contributed by atoms with Crippen LogP contribution in [0.2, 0.25) is 0 Å². The van der Waals surface area contributed by atoms with Crippen molar-refractivity contribution in [3.05, 3.63) is 24.3 Å². The van der Waals surface area contributed by atoms with Gasteiger partial charge < -0.3 is 15.0 Å². The van der Waals surface area contributed by atoms with Crippen molar-refractivity contribution in [1.82, 2.24) is 0 Å². The normalized spacial score (nSPS) is 15.3. The predicted molar refractivity (Wildman–Crippen MR) is 98.3 cm³/mol. The van der Waals surface area contributed by atoms with E-state index in [1.165, 1.54) is 6.92 Å². The van der Waals surface area contributed by atoms with Crippen molar-refractivity contribution >= 4 is 18.0 Å². The second-order valence-electron chi connectivity index (χ2n) is 6.37. The summed E-state index contributed by atoms with van der Waals surface area (Å²) in [4.78, 5) is 33.6. The summed E-state index contributed by atoms with van der Waals surface area (Å²) in [5.41, 5.74) is 0. The Morgan fingerprint density at radius 2 is 1.80 bits per heavy atom. The maximum absolute atomic E-state index is 11.8. The van der Waals surface area contributed by atoms with E-state index >= 15 is 0 Å². The summed E-state index contributed by atoms with van der Waals surface area (Å²) in [7, 11) is 0. The maximum Gasteiger partial charge on any atom is 0.303 e. The fourth-order valence-electron chi connectivity index (χ4n) is 2.56. The second kappa shape index (κ2) is 14.6. The van der Waals surface area contributed by atoms with Crippen LogP contribution in [0.5, 0.6) is 0 Å². The molecule has 142 valence electrons. The van der Waals surface area contributed by atoms with Crippen molar-refractivity contribution in [1.29, 1.82) is 0 Å². The number of aldehydes is 1. The van der Waals surface area contributed by atoms with Crippen LogP contribution in [0.25, 0.3) is 0 Å². The number of allylic oxidation sites excluding steroid dienone is 3. The van der Waals surface area contributed by atoms with E-state index in [4.69, 9.17) is 5.11 Å². The highest BCUT2D eigenvalue weighted by atomic mass is 16.4. The van der Waals surface area contributed by atoms with Crippen LogP contribution >= 0.6 is 0 Å². The van der Waals surface area contributed by atoms with Crippen molar-refractivity contribution in [3.8, 4) is 0 Å². The van der Waals surface area contributed by atoms with Crippen LogP contribution in [-0.2, 0) is 14.4 Å². The van der Waals surface area contributed by atoms with Gasteiger partial charge in [0, 0.05) is 18.3 Å². The van der Waals surface area contributed by atoms with Crippen LogP contribution in [0.4, 0.5) is 0 Å². The summed E-state index contributed by atoms with van der Waals surface area (Å²) in [6.45, 7) is 3.56. The molecule has 5 nitrogen and oxygen atoms in total. The molecule has 0 fully saturated rings. The minimum absolute atomic E-state index is 0.0718. The number of aliphatic hydroxyl groups excluding tert-OH is 1. The molecule has 0 saturated heterocycles. The van der Waals surface area contributed by atoms with Gasteiger partial charge in [-0.05, 0) is 32.6 Å². The van der Waals surface area contributed by atoms with E-state index in [0.29, 0.717) is 25.7 Å². The van der Waals surface area contributed by atoms with Crippen LogP contribution in [0.1, 0.15) is 65.2 Å². The third-order valence-electron chi connectivity index (χ3n) is 4.12. The van der Waals surface area contributed by atoms with Gasteiger partial charge in [-0.25, -0.2) is 0 Å². The lowest BCUT2D eigenvalue weighted by Crippen LogP contribution is -2.21. The Morgan fingerprint density at radius 1 is 1.08 bits per heavy atom. The number of carboxylic acid groups (broad SMARTS) is 1. The molecule has 2 N–H and O–H groups in total. The smallest absolute Gasteiger partial charge is 0.303 e.